The molecule has 0 aliphatic heterocycles. The molecule has 0 radical (unpaired) electrons. The number of thiazole rings is 1. The Balaban J connectivity index is 2.10. The van der Waals surface area contributed by atoms with Crippen molar-refractivity contribution in [1.29, 1.82) is 0 Å². The molecule has 2 aromatic heterocycles. The molecule has 0 saturated carbocycles. The van der Waals surface area contributed by atoms with Gasteiger partial charge in [-0.3, -0.25) is 0 Å². The van der Waals surface area contributed by atoms with E-state index in [4.69, 9.17) is 4.98 Å². The first-order chi connectivity index (χ1) is 8.88. The minimum Gasteiger partial charge on any atom is -0.373 e. The molecule has 5 heteroatoms. The first-order valence-corrected chi connectivity index (χ1v) is 7.29. The third-order valence-corrected chi connectivity index (χ3v) is 3.92. The van der Waals surface area contributed by atoms with Crippen molar-refractivity contribution in [1.82, 2.24) is 15.0 Å². The van der Waals surface area contributed by atoms with E-state index in [2.05, 4.69) is 15.3 Å². The monoisotopic (exact) mass is 260 g/mol. The Bertz CT molecular complexity index is 536. The van der Waals surface area contributed by atoms with Gasteiger partial charge < -0.3 is 5.32 Å². The second kappa shape index (κ2) is 5.02. The van der Waals surface area contributed by atoms with Gasteiger partial charge in [0.1, 0.15) is 11.5 Å². The molecule has 0 aromatic carbocycles. The number of hydrogen-bond donors (Lipinski definition) is 1. The molecule has 0 bridgehead atoms. The van der Waals surface area contributed by atoms with Gasteiger partial charge in [-0.15, -0.1) is 11.3 Å². The number of nitrogens with one attached hydrogen (secondary N) is 1. The number of rotatable bonds is 2. The van der Waals surface area contributed by atoms with Crippen LogP contribution < -0.4 is 5.32 Å². The smallest absolute Gasteiger partial charge is 0.181 e. The highest BCUT2D eigenvalue weighted by molar-refractivity contribution is 7.07. The molecule has 3 rings (SSSR count). The van der Waals surface area contributed by atoms with Crippen LogP contribution >= 0.6 is 11.3 Å². The van der Waals surface area contributed by atoms with Crippen LogP contribution in [0.4, 0.5) is 5.82 Å². The summed E-state index contributed by atoms with van der Waals surface area (Å²) < 4.78 is 0. The Morgan fingerprint density at radius 1 is 1.17 bits per heavy atom. The zero-order chi connectivity index (χ0) is 12.4. The van der Waals surface area contributed by atoms with Crippen LogP contribution in [-0.2, 0) is 12.8 Å². The third-order valence-electron chi connectivity index (χ3n) is 3.33. The quantitative estimate of drug-likeness (QED) is 0.844. The fourth-order valence-electron chi connectivity index (χ4n) is 2.42. The molecule has 0 amide bonds. The lowest BCUT2D eigenvalue weighted by atomic mass is 10.1. The van der Waals surface area contributed by atoms with Crippen molar-refractivity contribution in [2.45, 2.75) is 32.1 Å². The van der Waals surface area contributed by atoms with Crippen LogP contribution in [0.25, 0.3) is 11.5 Å². The van der Waals surface area contributed by atoms with E-state index < -0.39 is 0 Å². The average molecular weight is 260 g/mol. The second-order valence-electron chi connectivity index (χ2n) is 4.51. The Morgan fingerprint density at radius 3 is 2.83 bits per heavy atom. The zero-order valence-electron chi connectivity index (χ0n) is 10.4. The van der Waals surface area contributed by atoms with E-state index in [1.54, 1.807) is 11.3 Å². The Labute approximate surface area is 111 Å². The minimum absolute atomic E-state index is 0.751. The summed E-state index contributed by atoms with van der Waals surface area (Å²) in [6.45, 7) is 0. The first kappa shape index (κ1) is 11.6. The van der Waals surface area contributed by atoms with Crippen LogP contribution in [0.2, 0.25) is 0 Å². The van der Waals surface area contributed by atoms with Gasteiger partial charge in [-0.1, -0.05) is 6.42 Å². The van der Waals surface area contributed by atoms with Crippen molar-refractivity contribution in [2.24, 2.45) is 0 Å². The van der Waals surface area contributed by atoms with E-state index in [1.165, 1.54) is 30.5 Å². The van der Waals surface area contributed by atoms with E-state index in [1.807, 2.05) is 17.9 Å². The maximum Gasteiger partial charge on any atom is 0.181 e. The number of nitrogens with zero attached hydrogens (tertiary/aromatic N) is 3. The highest BCUT2D eigenvalue weighted by atomic mass is 32.1. The third kappa shape index (κ3) is 2.10. The van der Waals surface area contributed by atoms with Gasteiger partial charge in [0.2, 0.25) is 0 Å². The highest BCUT2D eigenvalue weighted by Crippen LogP contribution is 2.27. The largest absolute Gasteiger partial charge is 0.373 e. The molecule has 4 nitrogen and oxygen atoms in total. The normalized spacial score (nSPS) is 14.9. The summed E-state index contributed by atoms with van der Waals surface area (Å²) in [6, 6.07) is 0. The van der Waals surface area contributed by atoms with Gasteiger partial charge in [0, 0.05) is 23.7 Å². The summed E-state index contributed by atoms with van der Waals surface area (Å²) in [5, 5.41) is 5.21. The zero-order valence-corrected chi connectivity index (χ0v) is 11.3. The van der Waals surface area contributed by atoms with Gasteiger partial charge >= 0.3 is 0 Å². The van der Waals surface area contributed by atoms with Crippen LogP contribution in [0.3, 0.4) is 0 Å². The van der Waals surface area contributed by atoms with Crippen molar-refractivity contribution in [2.75, 3.05) is 12.4 Å². The fourth-order valence-corrected chi connectivity index (χ4v) is 2.95. The molecular weight excluding hydrogens is 244 g/mol. The number of fused-ring (bicyclic) bond motifs is 1. The molecule has 0 fully saturated rings. The molecule has 1 N–H and O–H groups in total. The summed E-state index contributed by atoms with van der Waals surface area (Å²) in [5.41, 5.74) is 5.20. The van der Waals surface area contributed by atoms with Gasteiger partial charge in [0.05, 0.1) is 5.51 Å². The van der Waals surface area contributed by atoms with Gasteiger partial charge in [-0.05, 0) is 25.7 Å². The second-order valence-corrected chi connectivity index (χ2v) is 5.22. The Morgan fingerprint density at radius 2 is 2.06 bits per heavy atom. The highest BCUT2D eigenvalue weighted by Gasteiger charge is 2.17. The van der Waals surface area contributed by atoms with Crippen LogP contribution in [0.1, 0.15) is 30.5 Å². The maximum atomic E-state index is 4.72. The van der Waals surface area contributed by atoms with Gasteiger partial charge in [-0.25, -0.2) is 15.0 Å². The van der Waals surface area contributed by atoms with Gasteiger partial charge in [-0.2, -0.15) is 0 Å². The molecule has 0 saturated heterocycles. The van der Waals surface area contributed by atoms with Crippen LogP contribution in [-0.4, -0.2) is 22.0 Å². The molecule has 2 heterocycles. The molecule has 0 atom stereocenters. The SMILES string of the molecule is CNc1nc(-c2cscn2)nc2c1CCCCC2. The lowest BCUT2D eigenvalue weighted by Gasteiger charge is -2.11. The van der Waals surface area contributed by atoms with Crippen molar-refractivity contribution in [3.8, 4) is 11.5 Å². The number of aromatic nitrogens is 3. The van der Waals surface area contributed by atoms with Crippen molar-refractivity contribution >= 4 is 17.2 Å². The fraction of sp³-hybridized carbons (Fsp3) is 0.462. The Hall–Kier alpha value is -1.49. The molecule has 2 aromatic rings. The molecule has 94 valence electrons. The Kier molecular flexibility index (Phi) is 3.23. The minimum atomic E-state index is 0.751. The van der Waals surface area contributed by atoms with E-state index in [9.17, 15) is 0 Å². The van der Waals surface area contributed by atoms with Crippen molar-refractivity contribution in [3.05, 3.63) is 22.1 Å². The van der Waals surface area contributed by atoms with Gasteiger partial charge in [0.15, 0.2) is 5.82 Å². The number of anilines is 1. The summed E-state index contributed by atoms with van der Waals surface area (Å²) in [5.74, 6) is 1.73. The number of aryl methyl sites for hydroxylation is 1. The molecule has 1 aliphatic carbocycles. The lowest BCUT2D eigenvalue weighted by Crippen LogP contribution is -2.06. The van der Waals surface area contributed by atoms with E-state index >= 15 is 0 Å². The molecular formula is C13H16N4S. The predicted molar refractivity (Wildman–Crippen MR) is 73.9 cm³/mol. The van der Waals surface area contributed by atoms with Gasteiger partial charge in [0.25, 0.3) is 0 Å². The summed E-state index contributed by atoms with van der Waals surface area (Å²) >= 11 is 1.58. The summed E-state index contributed by atoms with van der Waals surface area (Å²) in [6.07, 6.45) is 5.89. The maximum absolute atomic E-state index is 4.72. The molecule has 18 heavy (non-hydrogen) atoms. The average Bonchev–Trinajstić information content (AvgIpc) is 2.83. The van der Waals surface area contributed by atoms with Crippen molar-refractivity contribution < 1.29 is 0 Å². The van der Waals surface area contributed by atoms with E-state index in [0.717, 1.165) is 30.2 Å². The van der Waals surface area contributed by atoms with Crippen LogP contribution in [0.5, 0.6) is 0 Å². The summed E-state index contributed by atoms with van der Waals surface area (Å²) in [4.78, 5) is 13.6. The lowest BCUT2D eigenvalue weighted by molar-refractivity contribution is 0.709. The van der Waals surface area contributed by atoms with E-state index in [-0.39, 0.29) is 0 Å². The molecule has 1 aliphatic rings. The van der Waals surface area contributed by atoms with Crippen LogP contribution in [0.15, 0.2) is 10.9 Å². The summed E-state index contributed by atoms with van der Waals surface area (Å²) in [7, 11) is 1.93. The van der Waals surface area contributed by atoms with Crippen LogP contribution in [0, 0.1) is 0 Å². The molecule has 0 spiro atoms. The topological polar surface area (TPSA) is 50.7 Å². The van der Waals surface area contributed by atoms with Crippen molar-refractivity contribution in [3.63, 3.8) is 0 Å². The predicted octanol–water partition coefficient (Wildman–Crippen LogP) is 2.91. The number of hydrogen-bond acceptors (Lipinski definition) is 5. The van der Waals surface area contributed by atoms with E-state index in [0.29, 0.717) is 0 Å². The molecule has 0 unspecified atom stereocenters. The standard InChI is InChI=1S/C13H16N4S/c1-14-12-9-5-3-2-4-6-10(9)16-13(17-12)11-7-18-8-15-11/h7-8H,2-6H2,1H3,(H,14,16,17). The first-order valence-electron chi connectivity index (χ1n) is 6.34.